The van der Waals surface area contributed by atoms with Gasteiger partial charge in [0.2, 0.25) is 0 Å². The summed E-state index contributed by atoms with van der Waals surface area (Å²) in [5.41, 5.74) is 1.42. The number of rotatable bonds is 3. The van der Waals surface area contributed by atoms with Gasteiger partial charge < -0.3 is 20.1 Å². The summed E-state index contributed by atoms with van der Waals surface area (Å²) in [5.74, 6) is 0. The Bertz CT molecular complexity index is 189. The van der Waals surface area contributed by atoms with Crippen molar-refractivity contribution in [2.24, 2.45) is 0 Å². The standard InChI is InChI=1S/C9H22OSi.3C3H8O.Zr/c1-7(2)11(10,8(3)4)9(5)6;3*1-3(2)4;/h7-10H,1-6H3;3*3-4H,1-2H3;. The van der Waals surface area contributed by atoms with E-state index < -0.39 is 8.32 Å². The quantitative estimate of drug-likeness (QED) is 0.488. The fourth-order valence-electron chi connectivity index (χ4n) is 2.00. The molecule has 0 heterocycles. The Labute approximate surface area is 172 Å². The van der Waals surface area contributed by atoms with Crippen molar-refractivity contribution in [2.45, 2.75) is 118 Å². The van der Waals surface area contributed by atoms with E-state index in [2.05, 4.69) is 41.5 Å². The van der Waals surface area contributed by atoms with Crippen LogP contribution in [0.4, 0.5) is 0 Å². The molecule has 0 aliphatic rings. The van der Waals surface area contributed by atoms with Crippen molar-refractivity contribution >= 4 is 8.32 Å². The van der Waals surface area contributed by atoms with E-state index in [1.165, 1.54) is 0 Å². The van der Waals surface area contributed by atoms with E-state index in [9.17, 15) is 4.80 Å². The summed E-state index contributed by atoms with van der Waals surface area (Å²) >= 11 is 0. The molecule has 6 heteroatoms. The zero-order chi connectivity index (χ0) is 20.0. The second-order valence-electron chi connectivity index (χ2n) is 7.63. The second-order valence-corrected chi connectivity index (χ2v) is 12.9. The predicted molar refractivity (Wildman–Crippen MR) is 105 cm³/mol. The van der Waals surface area contributed by atoms with E-state index in [4.69, 9.17) is 15.3 Å². The summed E-state index contributed by atoms with van der Waals surface area (Å²) in [6.07, 6.45) is -0.500. The van der Waals surface area contributed by atoms with E-state index in [0.717, 1.165) is 0 Å². The van der Waals surface area contributed by atoms with Crippen molar-refractivity contribution in [3.8, 4) is 0 Å². The van der Waals surface area contributed by atoms with Crippen LogP contribution in [0.25, 0.3) is 0 Å². The van der Waals surface area contributed by atoms with Crippen LogP contribution in [0.2, 0.25) is 16.6 Å². The smallest absolute Gasteiger partial charge is 0.196 e. The first-order valence-electron chi connectivity index (χ1n) is 8.79. The Hall–Kier alpha value is 0.940. The van der Waals surface area contributed by atoms with E-state index in [-0.39, 0.29) is 44.5 Å². The van der Waals surface area contributed by atoms with Crippen LogP contribution >= 0.6 is 0 Å². The van der Waals surface area contributed by atoms with Crippen molar-refractivity contribution in [3.05, 3.63) is 0 Å². The molecule has 0 amide bonds. The molecule has 0 aromatic heterocycles. The molecule has 0 aromatic carbocycles. The molecule has 0 bridgehead atoms. The molecule has 0 saturated carbocycles. The summed E-state index contributed by atoms with van der Waals surface area (Å²) < 4.78 is 0. The molecule has 0 spiro atoms. The van der Waals surface area contributed by atoms with Crippen molar-refractivity contribution in [1.29, 1.82) is 0 Å². The Morgan fingerprint density at radius 2 is 0.542 bits per heavy atom. The molecule has 4 N–H and O–H groups in total. The van der Waals surface area contributed by atoms with E-state index in [1.807, 2.05) is 0 Å². The molecule has 24 heavy (non-hydrogen) atoms. The number of hydrogen-bond donors (Lipinski definition) is 4. The molecule has 0 atom stereocenters. The van der Waals surface area contributed by atoms with Crippen LogP contribution in [-0.2, 0) is 26.2 Å². The maximum Gasteiger partial charge on any atom is 0.196 e. The van der Waals surface area contributed by atoms with Crippen LogP contribution < -0.4 is 0 Å². The van der Waals surface area contributed by atoms with Crippen LogP contribution in [0.1, 0.15) is 83.1 Å². The van der Waals surface area contributed by atoms with Gasteiger partial charge in [-0.3, -0.25) is 0 Å². The van der Waals surface area contributed by atoms with Crippen LogP contribution in [0, 0.1) is 0 Å². The summed E-state index contributed by atoms with van der Waals surface area (Å²) in [7, 11) is -1.98. The van der Waals surface area contributed by atoms with Crippen molar-refractivity contribution in [2.75, 3.05) is 0 Å². The maximum atomic E-state index is 10.4. The zero-order valence-corrected chi connectivity index (χ0v) is 21.7. The van der Waals surface area contributed by atoms with Gasteiger partial charge in [-0.05, 0) is 58.2 Å². The molecule has 0 unspecified atom stereocenters. The summed E-state index contributed by atoms with van der Waals surface area (Å²) in [6, 6.07) is 0. The molecule has 0 rings (SSSR count). The van der Waals surface area contributed by atoms with Crippen LogP contribution in [0.3, 0.4) is 0 Å². The molecule has 4 nitrogen and oxygen atoms in total. The Kier molecular flexibility index (Phi) is 30.3. The van der Waals surface area contributed by atoms with Gasteiger partial charge >= 0.3 is 0 Å². The second kappa shape index (κ2) is 20.3. The fraction of sp³-hybridized carbons (Fsp3) is 1.00. The first kappa shape index (κ1) is 35.9. The van der Waals surface area contributed by atoms with Gasteiger partial charge in [-0.2, -0.15) is 0 Å². The first-order chi connectivity index (χ1) is 10.0. The van der Waals surface area contributed by atoms with Crippen molar-refractivity contribution in [1.82, 2.24) is 0 Å². The number of aliphatic hydroxyl groups is 3. The van der Waals surface area contributed by atoms with Crippen molar-refractivity contribution < 1.29 is 46.3 Å². The largest absolute Gasteiger partial charge is 0.431 e. The maximum absolute atomic E-state index is 10.4. The minimum atomic E-state index is -1.98. The molecule has 0 fully saturated rings. The van der Waals surface area contributed by atoms with Gasteiger partial charge in [0, 0.05) is 44.5 Å². The molecule has 0 saturated heterocycles. The Balaban J connectivity index is -0.0000000772. The number of hydrogen-bond acceptors (Lipinski definition) is 4. The summed E-state index contributed by atoms with van der Waals surface area (Å²) in [6.45, 7) is 23.2. The van der Waals surface area contributed by atoms with Gasteiger partial charge in [0.1, 0.15) is 0 Å². The van der Waals surface area contributed by atoms with E-state index in [1.54, 1.807) is 41.5 Å². The molecular weight excluding hydrogens is 400 g/mol. The van der Waals surface area contributed by atoms with E-state index in [0.29, 0.717) is 16.6 Å². The minimum absolute atomic E-state index is 0. The fourth-order valence-corrected chi connectivity index (χ4v) is 6.00. The van der Waals surface area contributed by atoms with Gasteiger partial charge in [0.05, 0.1) is 0 Å². The summed E-state index contributed by atoms with van der Waals surface area (Å²) in [5, 5.41) is 24.2. The van der Waals surface area contributed by atoms with Crippen molar-refractivity contribution in [3.63, 3.8) is 0 Å². The van der Waals surface area contributed by atoms with Gasteiger partial charge in [0.15, 0.2) is 8.32 Å². The Morgan fingerprint density at radius 3 is 0.542 bits per heavy atom. The molecular formula is C18H46O4SiZr. The van der Waals surface area contributed by atoms with Gasteiger partial charge in [-0.25, -0.2) is 0 Å². The molecule has 0 aliphatic carbocycles. The van der Waals surface area contributed by atoms with Gasteiger partial charge in [-0.15, -0.1) is 0 Å². The topological polar surface area (TPSA) is 80.9 Å². The van der Waals surface area contributed by atoms with Gasteiger partial charge in [0.25, 0.3) is 0 Å². The van der Waals surface area contributed by atoms with Crippen LogP contribution in [0.5, 0.6) is 0 Å². The monoisotopic (exact) mass is 444 g/mol. The zero-order valence-electron chi connectivity index (χ0n) is 18.3. The first-order valence-corrected chi connectivity index (χ1v) is 11.0. The third kappa shape index (κ3) is 30.8. The SMILES string of the molecule is CC(C)O.CC(C)O.CC(C)O.CC(C)[Si](O)(C(C)C)C(C)C.[Zr]. The minimum Gasteiger partial charge on any atom is -0.431 e. The van der Waals surface area contributed by atoms with Crippen LogP contribution in [0.15, 0.2) is 0 Å². The Morgan fingerprint density at radius 1 is 0.458 bits per heavy atom. The average molecular weight is 446 g/mol. The molecule has 150 valence electrons. The summed E-state index contributed by atoms with van der Waals surface area (Å²) in [4.78, 5) is 10.4. The molecule has 0 aromatic rings. The predicted octanol–water partition coefficient (Wildman–Crippen LogP) is 4.31. The normalized spacial score (nSPS) is 10.8. The third-order valence-electron chi connectivity index (χ3n) is 2.77. The average Bonchev–Trinajstić information content (AvgIpc) is 2.24. The van der Waals surface area contributed by atoms with E-state index >= 15 is 0 Å². The van der Waals surface area contributed by atoms with Gasteiger partial charge in [-0.1, -0.05) is 41.5 Å². The number of aliphatic hydroxyl groups excluding tert-OH is 3. The van der Waals surface area contributed by atoms with Crippen LogP contribution in [-0.4, -0.2) is 46.7 Å². The third-order valence-corrected chi connectivity index (χ3v) is 8.32. The molecule has 0 aliphatic heterocycles. The molecule has 0 radical (unpaired) electrons.